The van der Waals surface area contributed by atoms with Crippen LogP contribution >= 0.6 is 11.6 Å². The first-order chi connectivity index (χ1) is 6.84. The van der Waals surface area contributed by atoms with Gasteiger partial charge in [0.25, 0.3) is 0 Å². The fourth-order valence-electron chi connectivity index (χ4n) is 1.50. The van der Waals surface area contributed by atoms with E-state index < -0.39 is 0 Å². The van der Waals surface area contributed by atoms with E-state index in [4.69, 9.17) is 11.6 Å². The van der Waals surface area contributed by atoms with Gasteiger partial charge < -0.3 is 5.32 Å². The summed E-state index contributed by atoms with van der Waals surface area (Å²) in [7, 11) is 0. The van der Waals surface area contributed by atoms with Gasteiger partial charge >= 0.3 is 0 Å². The van der Waals surface area contributed by atoms with E-state index in [1.807, 2.05) is 24.3 Å². The number of hydrogen-bond donors (Lipinski definition) is 1. The highest BCUT2D eigenvalue weighted by Crippen LogP contribution is 2.10. The van der Waals surface area contributed by atoms with E-state index in [1.165, 1.54) is 5.56 Å². The molecule has 1 aliphatic heterocycles. The molecule has 0 aromatic heterocycles. The second kappa shape index (κ2) is 4.47. The quantitative estimate of drug-likeness (QED) is 0.793. The Morgan fingerprint density at radius 2 is 2.07 bits per heavy atom. The van der Waals surface area contributed by atoms with Crippen LogP contribution in [0.15, 0.2) is 29.3 Å². The van der Waals surface area contributed by atoms with E-state index >= 15 is 0 Å². The Morgan fingerprint density at radius 3 is 2.71 bits per heavy atom. The maximum atomic E-state index is 5.81. The molecular formula is C11H13ClN2. The minimum Gasteiger partial charge on any atom is -0.373 e. The molecule has 2 rings (SSSR count). The fourth-order valence-corrected chi connectivity index (χ4v) is 1.62. The van der Waals surface area contributed by atoms with Crippen LogP contribution in [0, 0.1) is 0 Å². The molecule has 0 fully saturated rings. The number of benzene rings is 1. The van der Waals surface area contributed by atoms with Crippen molar-refractivity contribution in [1.29, 1.82) is 0 Å². The summed E-state index contributed by atoms with van der Waals surface area (Å²) in [5.74, 6) is 1.10. The number of halogens is 1. The Hall–Kier alpha value is -1.02. The van der Waals surface area contributed by atoms with Crippen molar-refractivity contribution in [2.75, 3.05) is 13.1 Å². The first kappa shape index (κ1) is 9.53. The average molecular weight is 209 g/mol. The zero-order valence-corrected chi connectivity index (χ0v) is 8.72. The molecule has 74 valence electrons. The zero-order valence-electron chi connectivity index (χ0n) is 7.96. The molecule has 3 heteroatoms. The van der Waals surface area contributed by atoms with Gasteiger partial charge in [-0.05, 0) is 24.1 Å². The molecule has 0 spiro atoms. The molecule has 1 heterocycles. The molecule has 2 nitrogen and oxygen atoms in total. The van der Waals surface area contributed by atoms with Crippen LogP contribution in [0.1, 0.15) is 12.0 Å². The minimum absolute atomic E-state index is 0.785. The summed E-state index contributed by atoms with van der Waals surface area (Å²) in [5.41, 5.74) is 1.25. The third-order valence-corrected chi connectivity index (χ3v) is 2.50. The topological polar surface area (TPSA) is 24.4 Å². The van der Waals surface area contributed by atoms with Crippen LogP contribution in [-0.4, -0.2) is 18.9 Å². The van der Waals surface area contributed by atoms with Crippen molar-refractivity contribution < 1.29 is 0 Å². The van der Waals surface area contributed by atoms with Crippen molar-refractivity contribution in [3.05, 3.63) is 34.9 Å². The molecule has 0 radical (unpaired) electrons. The molecule has 0 atom stereocenters. The molecule has 14 heavy (non-hydrogen) atoms. The van der Waals surface area contributed by atoms with Crippen molar-refractivity contribution in [3.63, 3.8) is 0 Å². The van der Waals surface area contributed by atoms with E-state index in [2.05, 4.69) is 10.3 Å². The van der Waals surface area contributed by atoms with Crippen molar-refractivity contribution in [1.82, 2.24) is 5.32 Å². The summed E-state index contributed by atoms with van der Waals surface area (Å²) < 4.78 is 0. The van der Waals surface area contributed by atoms with Gasteiger partial charge in [-0.25, -0.2) is 0 Å². The number of rotatable bonds is 2. The molecular weight excluding hydrogens is 196 g/mol. The molecule has 0 amide bonds. The van der Waals surface area contributed by atoms with Crippen LogP contribution in [-0.2, 0) is 6.42 Å². The smallest absolute Gasteiger partial charge is 0.101 e. The Labute approximate surface area is 89.0 Å². The lowest BCUT2D eigenvalue weighted by Gasteiger charge is -2.14. The SMILES string of the molecule is Clc1ccc(CC2=NCCCN2)cc1. The Bertz CT molecular complexity index is 330. The summed E-state index contributed by atoms with van der Waals surface area (Å²) in [6.45, 7) is 2.00. The molecule has 0 bridgehead atoms. The Balaban J connectivity index is 2.03. The van der Waals surface area contributed by atoms with Gasteiger partial charge in [-0.15, -0.1) is 0 Å². The fraction of sp³-hybridized carbons (Fsp3) is 0.364. The van der Waals surface area contributed by atoms with Gasteiger partial charge in [0.1, 0.15) is 5.84 Å². The predicted molar refractivity (Wildman–Crippen MR) is 60.1 cm³/mol. The monoisotopic (exact) mass is 208 g/mol. The number of hydrogen-bond acceptors (Lipinski definition) is 2. The second-order valence-electron chi connectivity index (χ2n) is 3.41. The highest BCUT2D eigenvalue weighted by molar-refractivity contribution is 6.30. The molecule has 0 unspecified atom stereocenters. The Kier molecular flexibility index (Phi) is 3.04. The number of nitrogens with one attached hydrogen (secondary N) is 1. The summed E-state index contributed by atoms with van der Waals surface area (Å²) in [4.78, 5) is 4.42. The van der Waals surface area contributed by atoms with Crippen LogP contribution in [0.2, 0.25) is 5.02 Å². The van der Waals surface area contributed by atoms with Gasteiger partial charge in [-0.1, -0.05) is 23.7 Å². The number of nitrogens with zero attached hydrogens (tertiary/aromatic N) is 1. The van der Waals surface area contributed by atoms with Gasteiger partial charge in [-0.3, -0.25) is 4.99 Å². The largest absolute Gasteiger partial charge is 0.373 e. The second-order valence-corrected chi connectivity index (χ2v) is 3.85. The number of amidine groups is 1. The standard InChI is InChI=1S/C11H13ClN2/c12-10-4-2-9(3-5-10)8-11-13-6-1-7-14-11/h2-5H,1,6-8H2,(H,13,14). The van der Waals surface area contributed by atoms with E-state index in [9.17, 15) is 0 Å². The van der Waals surface area contributed by atoms with Crippen LogP contribution in [0.25, 0.3) is 0 Å². The lowest BCUT2D eigenvalue weighted by molar-refractivity contribution is 0.731. The van der Waals surface area contributed by atoms with Gasteiger partial charge in [0.05, 0.1) is 0 Å². The highest BCUT2D eigenvalue weighted by atomic mass is 35.5. The zero-order chi connectivity index (χ0) is 9.80. The predicted octanol–water partition coefficient (Wildman–Crippen LogP) is 2.27. The van der Waals surface area contributed by atoms with E-state index in [0.717, 1.165) is 36.8 Å². The number of aliphatic imine (C=N–C) groups is 1. The van der Waals surface area contributed by atoms with Crippen LogP contribution in [0.4, 0.5) is 0 Å². The van der Waals surface area contributed by atoms with Gasteiger partial charge in [0.2, 0.25) is 0 Å². The maximum Gasteiger partial charge on any atom is 0.101 e. The highest BCUT2D eigenvalue weighted by Gasteiger charge is 2.04. The van der Waals surface area contributed by atoms with E-state index in [1.54, 1.807) is 0 Å². The van der Waals surface area contributed by atoms with Gasteiger partial charge in [0.15, 0.2) is 0 Å². The lowest BCUT2D eigenvalue weighted by atomic mass is 10.1. The normalized spacial score (nSPS) is 15.9. The molecule has 1 N–H and O–H groups in total. The molecule has 0 aliphatic carbocycles. The first-order valence-corrected chi connectivity index (χ1v) is 5.24. The third-order valence-electron chi connectivity index (χ3n) is 2.25. The van der Waals surface area contributed by atoms with Crippen molar-refractivity contribution >= 4 is 17.4 Å². The Morgan fingerprint density at radius 1 is 1.29 bits per heavy atom. The summed E-state index contributed by atoms with van der Waals surface area (Å²) >= 11 is 5.81. The van der Waals surface area contributed by atoms with E-state index in [0.29, 0.717) is 0 Å². The summed E-state index contributed by atoms with van der Waals surface area (Å²) in [5, 5.41) is 4.08. The van der Waals surface area contributed by atoms with Gasteiger partial charge in [-0.2, -0.15) is 0 Å². The van der Waals surface area contributed by atoms with Crippen LogP contribution < -0.4 is 5.32 Å². The van der Waals surface area contributed by atoms with Crippen LogP contribution in [0.3, 0.4) is 0 Å². The molecule has 0 saturated heterocycles. The minimum atomic E-state index is 0.785. The van der Waals surface area contributed by atoms with Crippen molar-refractivity contribution in [2.24, 2.45) is 4.99 Å². The first-order valence-electron chi connectivity index (χ1n) is 4.86. The lowest BCUT2D eigenvalue weighted by Crippen LogP contribution is -2.30. The van der Waals surface area contributed by atoms with Gasteiger partial charge in [0, 0.05) is 24.5 Å². The molecule has 1 aliphatic rings. The molecule has 0 saturated carbocycles. The molecule has 1 aromatic rings. The van der Waals surface area contributed by atoms with Crippen molar-refractivity contribution in [3.8, 4) is 0 Å². The average Bonchev–Trinajstić information content (AvgIpc) is 2.23. The van der Waals surface area contributed by atoms with Crippen molar-refractivity contribution in [2.45, 2.75) is 12.8 Å². The summed E-state index contributed by atoms with van der Waals surface area (Å²) in [6.07, 6.45) is 2.03. The van der Waals surface area contributed by atoms with Crippen LogP contribution in [0.5, 0.6) is 0 Å². The van der Waals surface area contributed by atoms with E-state index in [-0.39, 0.29) is 0 Å². The maximum absolute atomic E-state index is 5.81. The third kappa shape index (κ3) is 2.48. The summed E-state index contributed by atoms with van der Waals surface area (Å²) in [6, 6.07) is 7.92. The molecule has 1 aromatic carbocycles.